The van der Waals surface area contributed by atoms with Crippen molar-refractivity contribution >= 4 is 48.6 Å². The standard InChI is InChI=1S/3C6H6N2O2.AsH3O4/c3*7-5-1-3-6(4-2-5)8(9)10;2-1(3,4)5/h3*1-4H,7H2;(H3,2,3,4,5). The number of hydrogen-bond acceptors (Lipinski definition) is 10. The van der Waals surface area contributed by atoms with Gasteiger partial charge in [0.15, 0.2) is 0 Å². The zero-order valence-electron chi connectivity index (χ0n) is 17.6. The summed E-state index contributed by atoms with van der Waals surface area (Å²) in [6.45, 7) is 0. The quantitative estimate of drug-likeness (QED) is 0.115. The molecule has 3 rings (SSSR count). The van der Waals surface area contributed by atoms with Crippen LogP contribution in [0.25, 0.3) is 0 Å². The fraction of sp³-hybridized carbons (Fsp3) is 0. The molecule has 3 aromatic carbocycles. The number of anilines is 3. The molecule has 0 aliphatic carbocycles. The summed E-state index contributed by atoms with van der Waals surface area (Å²) >= 11 is -5.12. The van der Waals surface area contributed by atoms with Gasteiger partial charge in [-0.05, 0) is 36.4 Å². The van der Waals surface area contributed by atoms with Gasteiger partial charge in [0.1, 0.15) is 0 Å². The van der Waals surface area contributed by atoms with Crippen molar-refractivity contribution < 1.29 is 30.8 Å². The van der Waals surface area contributed by atoms with Crippen LogP contribution in [0.3, 0.4) is 0 Å². The van der Waals surface area contributed by atoms with Crippen LogP contribution in [-0.4, -0.2) is 41.6 Å². The molecule has 0 heterocycles. The summed E-state index contributed by atoms with van der Waals surface area (Å²) < 4.78 is 30.7. The molecule has 0 spiro atoms. The summed E-state index contributed by atoms with van der Waals surface area (Å²) in [5.74, 6) is 0. The molecular formula is C18H21AsN6O10. The van der Waals surface area contributed by atoms with Gasteiger partial charge in [-0.15, -0.1) is 0 Å². The zero-order valence-corrected chi connectivity index (χ0v) is 19.5. The van der Waals surface area contributed by atoms with Gasteiger partial charge in [0.2, 0.25) is 0 Å². The second kappa shape index (κ2) is 14.6. The van der Waals surface area contributed by atoms with E-state index >= 15 is 0 Å². The molecule has 0 amide bonds. The first-order valence-electron chi connectivity index (χ1n) is 8.88. The first-order chi connectivity index (χ1) is 16.1. The van der Waals surface area contributed by atoms with E-state index in [1.165, 1.54) is 72.8 Å². The van der Waals surface area contributed by atoms with Gasteiger partial charge in [0.05, 0.1) is 14.8 Å². The molecule has 0 fully saturated rings. The number of nitro groups is 3. The second-order valence-corrected chi connectivity index (χ2v) is 8.21. The van der Waals surface area contributed by atoms with Gasteiger partial charge in [0, 0.05) is 53.5 Å². The Balaban J connectivity index is 0.000000453. The van der Waals surface area contributed by atoms with E-state index in [0.717, 1.165) is 0 Å². The molecule has 0 aliphatic rings. The first-order valence-corrected chi connectivity index (χ1v) is 12.2. The van der Waals surface area contributed by atoms with Gasteiger partial charge >= 0.3 is 30.5 Å². The molecule has 16 nitrogen and oxygen atoms in total. The number of non-ortho nitro benzene ring substituents is 3. The van der Waals surface area contributed by atoms with Gasteiger partial charge in [0.25, 0.3) is 17.1 Å². The van der Waals surface area contributed by atoms with Crippen molar-refractivity contribution in [2.24, 2.45) is 0 Å². The summed E-state index contributed by atoms with van der Waals surface area (Å²) in [5, 5.41) is 30.2. The van der Waals surface area contributed by atoms with Crippen LogP contribution in [0.2, 0.25) is 0 Å². The Labute approximate surface area is 200 Å². The number of rotatable bonds is 3. The summed E-state index contributed by atoms with van der Waals surface area (Å²) in [7, 11) is 0. The SMILES string of the molecule is Nc1ccc([N+](=O)[O-])cc1.Nc1ccc([N+](=O)[O-])cc1.Nc1ccc([N+](=O)[O-])cc1.O=[As](O)(O)O. The second-order valence-electron chi connectivity index (χ2n) is 6.06. The van der Waals surface area contributed by atoms with Crippen LogP contribution >= 0.6 is 0 Å². The molecule has 0 saturated heterocycles. The van der Waals surface area contributed by atoms with E-state index in [4.69, 9.17) is 33.2 Å². The number of nitrogen functional groups attached to an aromatic ring is 3. The third-order valence-corrected chi connectivity index (χ3v) is 3.31. The normalized spacial score (nSPS) is 9.57. The van der Waals surface area contributed by atoms with Crippen molar-refractivity contribution in [1.29, 1.82) is 0 Å². The minimum atomic E-state index is -5.12. The van der Waals surface area contributed by atoms with Gasteiger partial charge in [-0.2, -0.15) is 0 Å². The Bertz CT molecular complexity index is 1010. The number of hydrogen-bond donors (Lipinski definition) is 6. The molecule has 0 radical (unpaired) electrons. The van der Waals surface area contributed by atoms with E-state index in [-0.39, 0.29) is 17.1 Å². The van der Waals surface area contributed by atoms with Crippen molar-refractivity contribution in [2.45, 2.75) is 0 Å². The molecule has 0 bridgehead atoms. The van der Waals surface area contributed by atoms with Crippen molar-refractivity contribution in [3.63, 3.8) is 0 Å². The molecular weight excluding hydrogens is 535 g/mol. The number of nitrogens with zero attached hydrogens (tertiary/aromatic N) is 3. The van der Waals surface area contributed by atoms with Crippen LogP contribution in [0.4, 0.5) is 34.1 Å². The average Bonchev–Trinajstić information content (AvgIpc) is 2.74. The van der Waals surface area contributed by atoms with E-state index < -0.39 is 29.3 Å². The third kappa shape index (κ3) is 15.9. The van der Waals surface area contributed by atoms with Crippen LogP contribution < -0.4 is 17.2 Å². The molecule has 0 unspecified atom stereocenters. The van der Waals surface area contributed by atoms with Crippen molar-refractivity contribution in [2.75, 3.05) is 17.2 Å². The molecule has 0 aromatic heterocycles. The van der Waals surface area contributed by atoms with Gasteiger partial charge in [-0.3, -0.25) is 30.3 Å². The van der Waals surface area contributed by atoms with E-state index in [9.17, 15) is 30.3 Å². The third-order valence-electron chi connectivity index (χ3n) is 3.31. The van der Waals surface area contributed by atoms with E-state index in [1.807, 2.05) is 0 Å². The predicted molar refractivity (Wildman–Crippen MR) is 126 cm³/mol. The van der Waals surface area contributed by atoms with Gasteiger partial charge in [-0.25, -0.2) is 0 Å². The molecule has 0 saturated carbocycles. The van der Waals surface area contributed by atoms with Crippen molar-refractivity contribution in [1.82, 2.24) is 0 Å². The first kappa shape index (κ1) is 30.5. The summed E-state index contributed by atoms with van der Waals surface area (Å²) in [6, 6.07) is 17.2. The summed E-state index contributed by atoms with van der Waals surface area (Å²) in [4.78, 5) is 28.9. The molecule has 0 atom stereocenters. The van der Waals surface area contributed by atoms with Crippen molar-refractivity contribution in [3.8, 4) is 0 Å². The summed E-state index contributed by atoms with van der Waals surface area (Å²) in [5.41, 5.74) is 17.7. The Morgan fingerprint density at radius 2 is 0.657 bits per heavy atom. The molecule has 9 N–H and O–H groups in total. The van der Waals surface area contributed by atoms with Crippen LogP contribution in [0.15, 0.2) is 72.8 Å². The van der Waals surface area contributed by atoms with Crippen LogP contribution in [-0.2, 0) is 3.74 Å². The summed E-state index contributed by atoms with van der Waals surface area (Å²) in [6.07, 6.45) is 0. The van der Waals surface area contributed by atoms with Crippen LogP contribution in [0.5, 0.6) is 0 Å². The molecule has 188 valence electrons. The average molecular weight is 556 g/mol. The maximum atomic E-state index is 10.1. The molecule has 35 heavy (non-hydrogen) atoms. The van der Waals surface area contributed by atoms with Crippen LogP contribution in [0.1, 0.15) is 0 Å². The monoisotopic (exact) mass is 556 g/mol. The molecule has 3 aromatic rings. The molecule has 17 heteroatoms. The molecule has 0 aliphatic heterocycles. The Kier molecular flexibility index (Phi) is 12.7. The maximum absolute atomic E-state index is 10.1. The van der Waals surface area contributed by atoms with Gasteiger partial charge < -0.3 is 17.2 Å². The van der Waals surface area contributed by atoms with E-state index in [1.54, 1.807) is 0 Å². The predicted octanol–water partition coefficient (Wildman–Crippen LogP) is 1.36. The Morgan fingerprint density at radius 3 is 0.771 bits per heavy atom. The van der Waals surface area contributed by atoms with Crippen LogP contribution in [0, 0.1) is 30.3 Å². The van der Waals surface area contributed by atoms with E-state index in [2.05, 4.69) is 0 Å². The fourth-order valence-electron chi connectivity index (χ4n) is 1.79. The Morgan fingerprint density at radius 1 is 0.514 bits per heavy atom. The topological polar surface area (TPSA) is 285 Å². The Hall–Kier alpha value is -4.50. The van der Waals surface area contributed by atoms with Crippen molar-refractivity contribution in [3.05, 3.63) is 103 Å². The van der Waals surface area contributed by atoms with Gasteiger partial charge in [-0.1, -0.05) is 0 Å². The number of nitro benzene ring substituents is 3. The van der Waals surface area contributed by atoms with E-state index in [0.29, 0.717) is 17.1 Å². The number of nitrogens with two attached hydrogens (primary N) is 3. The minimum absolute atomic E-state index is 0.0641. The number of benzene rings is 3. The fourth-order valence-corrected chi connectivity index (χ4v) is 1.79. The zero-order chi connectivity index (χ0) is 27.2.